The maximum atomic E-state index is 5.45. The predicted octanol–water partition coefficient (Wildman–Crippen LogP) is 5.42. The van der Waals surface area contributed by atoms with E-state index in [4.69, 9.17) is 4.74 Å². The van der Waals surface area contributed by atoms with E-state index in [-0.39, 0.29) is 0 Å². The Hall–Kier alpha value is -2.18. The van der Waals surface area contributed by atoms with Crippen molar-refractivity contribution in [1.29, 1.82) is 0 Å². The van der Waals surface area contributed by atoms with Gasteiger partial charge in [0.15, 0.2) is 0 Å². The average Bonchev–Trinajstić information content (AvgIpc) is 3.07. The van der Waals surface area contributed by atoms with E-state index in [1.165, 1.54) is 11.3 Å². The smallest absolute Gasteiger partial charge is 0.203 e. The molecule has 0 saturated heterocycles. The summed E-state index contributed by atoms with van der Waals surface area (Å²) >= 11 is 4.93. The van der Waals surface area contributed by atoms with Gasteiger partial charge in [0.25, 0.3) is 0 Å². The number of hydrogen-bond donors (Lipinski definition) is 1. The van der Waals surface area contributed by atoms with Crippen LogP contribution in [-0.4, -0.2) is 17.8 Å². The normalized spacial score (nSPS) is 10.9. The highest BCUT2D eigenvalue weighted by atomic mass is 79.9. The fourth-order valence-electron chi connectivity index (χ4n) is 2.06. The Labute approximate surface area is 153 Å². The van der Waals surface area contributed by atoms with E-state index in [0.717, 1.165) is 32.2 Å². The van der Waals surface area contributed by atoms with E-state index in [2.05, 4.69) is 31.4 Å². The zero-order valence-corrected chi connectivity index (χ0v) is 15.5. The maximum Gasteiger partial charge on any atom is 0.203 e. The molecule has 24 heavy (non-hydrogen) atoms. The van der Waals surface area contributed by atoms with Gasteiger partial charge in [0.1, 0.15) is 5.75 Å². The van der Waals surface area contributed by atoms with E-state index < -0.39 is 0 Å². The van der Waals surface area contributed by atoms with Gasteiger partial charge in [-0.1, -0.05) is 28.1 Å². The third-order valence-corrected chi connectivity index (χ3v) is 4.48. The largest absolute Gasteiger partial charge is 0.494 e. The Kier molecular flexibility index (Phi) is 5.61. The van der Waals surface area contributed by atoms with Crippen LogP contribution in [0.4, 0.5) is 5.13 Å². The van der Waals surface area contributed by atoms with E-state index >= 15 is 0 Å². The van der Waals surface area contributed by atoms with Crippen LogP contribution in [-0.2, 0) is 0 Å². The van der Waals surface area contributed by atoms with Crippen molar-refractivity contribution < 1.29 is 4.74 Å². The molecule has 122 valence electrons. The van der Waals surface area contributed by atoms with Gasteiger partial charge >= 0.3 is 0 Å². The molecule has 0 bridgehead atoms. The van der Waals surface area contributed by atoms with Crippen molar-refractivity contribution in [3.63, 3.8) is 0 Å². The first kappa shape index (κ1) is 16.7. The molecule has 0 aliphatic heterocycles. The maximum absolute atomic E-state index is 5.45. The lowest BCUT2D eigenvalue weighted by atomic mass is 10.2. The highest BCUT2D eigenvalue weighted by Gasteiger charge is 2.04. The molecule has 4 nitrogen and oxygen atoms in total. The van der Waals surface area contributed by atoms with Crippen molar-refractivity contribution >= 4 is 38.6 Å². The number of halogens is 1. The van der Waals surface area contributed by atoms with Crippen LogP contribution < -0.4 is 10.2 Å². The fourth-order valence-corrected chi connectivity index (χ4v) is 2.99. The van der Waals surface area contributed by atoms with Gasteiger partial charge in [-0.2, -0.15) is 5.10 Å². The van der Waals surface area contributed by atoms with E-state index in [1.54, 1.807) is 6.21 Å². The minimum atomic E-state index is 0.667. The molecule has 0 amide bonds. The van der Waals surface area contributed by atoms with Gasteiger partial charge in [-0.15, -0.1) is 11.3 Å². The minimum absolute atomic E-state index is 0.667. The topological polar surface area (TPSA) is 46.5 Å². The van der Waals surface area contributed by atoms with Crippen molar-refractivity contribution in [2.45, 2.75) is 6.92 Å². The van der Waals surface area contributed by atoms with E-state index in [9.17, 15) is 0 Å². The Balaban J connectivity index is 1.63. The number of rotatable bonds is 6. The standard InChI is InChI=1S/C18H16BrN3OS/c1-2-23-16-9-5-14(6-10-16)17-12-24-18(21-17)22-20-11-13-3-7-15(19)8-4-13/h3-12H,2H2,1H3,(H,21,22)/b20-11+. The zero-order chi connectivity index (χ0) is 16.8. The lowest BCUT2D eigenvalue weighted by Gasteiger charge is -2.03. The molecule has 0 aliphatic rings. The van der Waals surface area contributed by atoms with Crippen LogP contribution in [0.3, 0.4) is 0 Å². The Morgan fingerprint density at radius 2 is 1.92 bits per heavy atom. The molecular weight excluding hydrogens is 386 g/mol. The Bertz CT molecular complexity index is 813. The number of ether oxygens (including phenoxy) is 1. The monoisotopic (exact) mass is 401 g/mol. The van der Waals surface area contributed by atoms with Crippen molar-refractivity contribution in [3.05, 3.63) is 63.9 Å². The summed E-state index contributed by atoms with van der Waals surface area (Å²) in [6.07, 6.45) is 1.77. The molecular formula is C18H16BrN3OS. The second kappa shape index (κ2) is 8.08. The van der Waals surface area contributed by atoms with Crippen molar-refractivity contribution in [2.75, 3.05) is 12.0 Å². The number of nitrogens with one attached hydrogen (secondary N) is 1. The lowest BCUT2D eigenvalue weighted by molar-refractivity contribution is 0.340. The van der Waals surface area contributed by atoms with Crippen molar-refractivity contribution in [1.82, 2.24) is 4.98 Å². The van der Waals surface area contributed by atoms with E-state index in [0.29, 0.717) is 6.61 Å². The SMILES string of the molecule is CCOc1ccc(-c2csc(N/N=C/c3ccc(Br)cc3)n2)cc1. The van der Waals surface area contributed by atoms with Crippen molar-refractivity contribution in [3.8, 4) is 17.0 Å². The molecule has 3 rings (SSSR count). The summed E-state index contributed by atoms with van der Waals surface area (Å²) in [6.45, 7) is 2.64. The van der Waals surface area contributed by atoms with Gasteiger partial charge < -0.3 is 4.74 Å². The molecule has 0 radical (unpaired) electrons. The van der Waals surface area contributed by atoms with Crippen LogP contribution in [0.5, 0.6) is 5.75 Å². The molecule has 2 aromatic carbocycles. The van der Waals surface area contributed by atoms with Crippen LogP contribution in [0, 0.1) is 0 Å². The van der Waals surface area contributed by atoms with Gasteiger partial charge in [0.2, 0.25) is 5.13 Å². The van der Waals surface area contributed by atoms with Crippen LogP contribution in [0.15, 0.2) is 63.5 Å². The Morgan fingerprint density at radius 3 is 2.62 bits per heavy atom. The third kappa shape index (κ3) is 4.43. The third-order valence-electron chi connectivity index (χ3n) is 3.21. The molecule has 1 N–H and O–H groups in total. The highest BCUT2D eigenvalue weighted by molar-refractivity contribution is 9.10. The van der Waals surface area contributed by atoms with Gasteiger partial charge in [0.05, 0.1) is 18.5 Å². The number of hydrogen-bond acceptors (Lipinski definition) is 5. The molecule has 0 unspecified atom stereocenters. The number of aromatic nitrogens is 1. The van der Waals surface area contributed by atoms with Gasteiger partial charge in [-0.3, -0.25) is 5.43 Å². The summed E-state index contributed by atoms with van der Waals surface area (Å²) < 4.78 is 6.50. The van der Waals surface area contributed by atoms with E-state index in [1.807, 2.05) is 60.8 Å². The van der Waals surface area contributed by atoms with Crippen molar-refractivity contribution in [2.24, 2.45) is 5.10 Å². The molecule has 3 aromatic rings. The summed E-state index contributed by atoms with van der Waals surface area (Å²) in [6, 6.07) is 15.9. The van der Waals surface area contributed by atoms with Gasteiger partial charge in [0, 0.05) is 15.4 Å². The zero-order valence-electron chi connectivity index (χ0n) is 13.1. The minimum Gasteiger partial charge on any atom is -0.494 e. The summed E-state index contributed by atoms with van der Waals surface area (Å²) in [4.78, 5) is 4.55. The van der Waals surface area contributed by atoms with Gasteiger partial charge in [-0.25, -0.2) is 4.98 Å². The van der Waals surface area contributed by atoms with Crippen LogP contribution in [0.25, 0.3) is 11.3 Å². The number of benzene rings is 2. The number of nitrogens with zero attached hydrogens (tertiary/aromatic N) is 2. The first-order valence-electron chi connectivity index (χ1n) is 7.48. The fraction of sp³-hybridized carbons (Fsp3) is 0.111. The average molecular weight is 402 g/mol. The molecule has 0 aliphatic carbocycles. The highest BCUT2D eigenvalue weighted by Crippen LogP contribution is 2.26. The molecule has 0 atom stereocenters. The summed E-state index contributed by atoms with van der Waals surface area (Å²) in [5.41, 5.74) is 5.97. The second-order valence-electron chi connectivity index (χ2n) is 4.92. The molecule has 6 heteroatoms. The first-order chi connectivity index (χ1) is 11.7. The molecule has 1 aromatic heterocycles. The Morgan fingerprint density at radius 1 is 1.17 bits per heavy atom. The lowest BCUT2D eigenvalue weighted by Crippen LogP contribution is -1.91. The number of anilines is 1. The summed E-state index contributed by atoms with van der Waals surface area (Å²) in [5.74, 6) is 0.869. The molecule has 0 fully saturated rings. The molecule has 1 heterocycles. The summed E-state index contributed by atoms with van der Waals surface area (Å²) in [5, 5.41) is 6.99. The van der Waals surface area contributed by atoms with Crippen LogP contribution in [0.2, 0.25) is 0 Å². The summed E-state index contributed by atoms with van der Waals surface area (Å²) in [7, 11) is 0. The second-order valence-corrected chi connectivity index (χ2v) is 6.69. The molecule has 0 spiro atoms. The number of hydrazone groups is 1. The first-order valence-corrected chi connectivity index (χ1v) is 9.15. The van der Waals surface area contributed by atoms with Crippen LogP contribution >= 0.6 is 27.3 Å². The van der Waals surface area contributed by atoms with Crippen LogP contribution in [0.1, 0.15) is 12.5 Å². The predicted molar refractivity (Wildman–Crippen MR) is 104 cm³/mol. The quantitative estimate of drug-likeness (QED) is 0.443. The number of thiazole rings is 1. The molecule has 0 saturated carbocycles. The van der Waals surface area contributed by atoms with Gasteiger partial charge in [-0.05, 0) is 48.9 Å².